The van der Waals surface area contributed by atoms with Gasteiger partial charge in [-0.05, 0) is 17.7 Å². The number of benzene rings is 1. The van der Waals surface area contributed by atoms with Gasteiger partial charge in [0.1, 0.15) is 5.82 Å². The van der Waals surface area contributed by atoms with E-state index in [4.69, 9.17) is 0 Å². The van der Waals surface area contributed by atoms with Crippen LogP contribution in [0.3, 0.4) is 0 Å². The molecule has 10 heteroatoms. The van der Waals surface area contributed by atoms with Gasteiger partial charge in [0.05, 0.1) is 24.1 Å². The van der Waals surface area contributed by atoms with E-state index >= 15 is 0 Å². The molecule has 1 atom stereocenters. The molecule has 0 aliphatic carbocycles. The second kappa shape index (κ2) is 9.85. The fourth-order valence-corrected chi connectivity index (χ4v) is 4.48. The lowest BCUT2D eigenvalue weighted by molar-refractivity contribution is -0.135. The zero-order chi connectivity index (χ0) is 17.2. The van der Waals surface area contributed by atoms with Crippen molar-refractivity contribution in [1.82, 2.24) is 15.1 Å². The molecule has 1 unspecified atom stereocenters. The minimum atomic E-state index is -2.95. The summed E-state index contributed by atoms with van der Waals surface area (Å²) in [6.45, 7) is 2.85. The molecule has 2 aliphatic rings. The van der Waals surface area contributed by atoms with Crippen molar-refractivity contribution in [3.8, 4) is 0 Å². The first-order valence-electron chi connectivity index (χ1n) is 8.13. The second-order valence-electron chi connectivity index (χ2n) is 6.29. The van der Waals surface area contributed by atoms with Crippen LogP contribution in [0.5, 0.6) is 0 Å². The highest BCUT2D eigenvalue weighted by Crippen LogP contribution is 2.23. The normalized spacial score (nSPS) is 22.8. The first kappa shape index (κ1) is 23.1. The zero-order valence-electron chi connectivity index (χ0n) is 14.3. The van der Waals surface area contributed by atoms with Gasteiger partial charge in [-0.1, -0.05) is 12.1 Å². The Bertz CT molecular complexity index is 706. The van der Waals surface area contributed by atoms with Gasteiger partial charge in [0, 0.05) is 32.7 Å². The highest BCUT2D eigenvalue weighted by molar-refractivity contribution is 7.91. The summed E-state index contributed by atoms with van der Waals surface area (Å²) in [6.07, 6.45) is 0. The van der Waals surface area contributed by atoms with Crippen LogP contribution >= 0.6 is 24.8 Å². The van der Waals surface area contributed by atoms with Gasteiger partial charge >= 0.3 is 0 Å². The van der Waals surface area contributed by atoms with Crippen molar-refractivity contribution in [2.24, 2.45) is 0 Å². The van der Waals surface area contributed by atoms with Crippen LogP contribution in [0, 0.1) is 5.82 Å². The number of hydrogen-bond donors (Lipinski definition) is 1. The minimum Gasteiger partial charge on any atom is -0.332 e. The van der Waals surface area contributed by atoms with Gasteiger partial charge in [-0.25, -0.2) is 12.8 Å². The summed E-state index contributed by atoms with van der Waals surface area (Å²) in [7, 11) is -2.95. The van der Waals surface area contributed by atoms with E-state index in [9.17, 15) is 17.6 Å². The number of carbonyl (C=O) groups is 1. The summed E-state index contributed by atoms with van der Waals surface area (Å²) in [5, 5.41) is 3.24. The Kier molecular flexibility index (Phi) is 8.75. The molecule has 2 heterocycles. The Morgan fingerprint density at radius 3 is 2.54 bits per heavy atom. The van der Waals surface area contributed by atoms with Crippen LogP contribution in [0.4, 0.5) is 4.39 Å². The molecule has 2 fully saturated rings. The van der Waals surface area contributed by atoms with Crippen LogP contribution in [-0.4, -0.2) is 74.9 Å². The molecule has 3 rings (SSSR count). The predicted molar refractivity (Wildman–Crippen MR) is 103 cm³/mol. The third-order valence-corrected chi connectivity index (χ3v) is 6.20. The third-order valence-electron chi connectivity index (χ3n) is 4.59. The summed E-state index contributed by atoms with van der Waals surface area (Å²) in [5.41, 5.74) is 0.775. The topological polar surface area (TPSA) is 69.7 Å². The van der Waals surface area contributed by atoms with Crippen LogP contribution in [0.2, 0.25) is 0 Å². The lowest BCUT2D eigenvalue weighted by atomic mass is 10.0. The Morgan fingerprint density at radius 1 is 1.19 bits per heavy atom. The lowest BCUT2D eigenvalue weighted by Gasteiger charge is -2.38. The predicted octanol–water partition coefficient (Wildman–Crippen LogP) is 0.873. The van der Waals surface area contributed by atoms with Gasteiger partial charge < -0.3 is 10.2 Å². The highest BCUT2D eigenvalue weighted by Gasteiger charge is 2.30. The van der Waals surface area contributed by atoms with Crippen molar-refractivity contribution in [2.75, 3.05) is 50.8 Å². The van der Waals surface area contributed by atoms with E-state index in [0.717, 1.165) is 5.56 Å². The number of halogens is 3. The minimum absolute atomic E-state index is 0. The van der Waals surface area contributed by atoms with Crippen molar-refractivity contribution >= 4 is 40.6 Å². The smallest absolute Gasteiger partial charge is 0.237 e. The molecule has 0 bridgehead atoms. The van der Waals surface area contributed by atoms with Gasteiger partial charge in [-0.15, -0.1) is 24.8 Å². The summed E-state index contributed by atoms with van der Waals surface area (Å²) in [4.78, 5) is 16.4. The molecule has 1 aromatic rings. The van der Waals surface area contributed by atoms with E-state index in [2.05, 4.69) is 5.32 Å². The average Bonchev–Trinajstić information content (AvgIpc) is 2.57. The van der Waals surface area contributed by atoms with E-state index in [0.29, 0.717) is 32.7 Å². The Balaban J connectivity index is 0.00000169. The highest BCUT2D eigenvalue weighted by atomic mass is 35.5. The summed E-state index contributed by atoms with van der Waals surface area (Å²) in [6, 6.07) is 6.13. The Morgan fingerprint density at radius 2 is 1.88 bits per heavy atom. The number of nitrogens with zero attached hydrogens (tertiary/aromatic N) is 2. The number of amides is 1. The van der Waals surface area contributed by atoms with Gasteiger partial charge in [0.25, 0.3) is 0 Å². The standard InChI is InChI=1S/C16H22FN3O3S.2ClH/c17-14-3-1-2-13(10-14)15-11-18-4-5-20(15)16(21)12-19-6-8-24(22,23)9-7-19;;/h1-3,10,15,18H,4-9,11-12H2;2*1H. The van der Waals surface area contributed by atoms with Crippen molar-refractivity contribution in [1.29, 1.82) is 0 Å². The van der Waals surface area contributed by atoms with Crippen LogP contribution in [0.15, 0.2) is 24.3 Å². The van der Waals surface area contributed by atoms with Crippen molar-refractivity contribution in [2.45, 2.75) is 6.04 Å². The van der Waals surface area contributed by atoms with Gasteiger partial charge in [-0.3, -0.25) is 9.69 Å². The molecule has 26 heavy (non-hydrogen) atoms. The van der Waals surface area contributed by atoms with E-state index in [1.54, 1.807) is 11.0 Å². The van der Waals surface area contributed by atoms with Gasteiger partial charge in [0.2, 0.25) is 5.91 Å². The molecule has 0 aromatic heterocycles. The van der Waals surface area contributed by atoms with E-state index in [1.807, 2.05) is 11.0 Å². The maximum Gasteiger partial charge on any atom is 0.237 e. The Labute approximate surface area is 165 Å². The molecular weight excluding hydrogens is 404 g/mol. The van der Waals surface area contributed by atoms with Crippen LogP contribution in [-0.2, 0) is 14.6 Å². The molecule has 2 aliphatic heterocycles. The van der Waals surface area contributed by atoms with Gasteiger partial charge in [-0.2, -0.15) is 0 Å². The van der Waals surface area contributed by atoms with Crippen molar-refractivity contribution in [3.63, 3.8) is 0 Å². The number of hydrogen-bond acceptors (Lipinski definition) is 5. The van der Waals surface area contributed by atoms with Gasteiger partial charge in [0.15, 0.2) is 9.84 Å². The summed E-state index contributed by atoms with van der Waals surface area (Å²) in [5.74, 6) is -0.138. The maximum absolute atomic E-state index is 13.5. The summed E-state index contributed by atoms with van der Waals surface area (Å²) >= 11 is 0. The number of carbonyl (C=O) groups excluding carboxylic acids is 1. The molecule has 0 radical (unpaired) electrons. The van der Waals surface area contributed by atoms with E-state index < -0.39 is 9.84 Å². The molecule has 0 spiro atoms. The number of nitrogens with one attached hydrogen (secondary N) is 1. The van der Waals surface area contributed by atoms with Crippen molar-refractivity contribution in [3.05, 3.63) is 35.6 Å². The molecular formula is C16H24Cl2FN3O3S. The fraction of sp³-hybridized carbons (Fsp3) is 0.562. The molecule has 0 saturated carbocycles. The Hall–Kier alpha value is -0.930. The molecule has 1 amide bonds. The number of piperazine rings is 1. The number of rotatable bonds is 3. The van der Waals surface area contributed by atoms with Crippen LogP contribution < -0.4 is 5.32 Å². The third kappa shape index (κ3) is 5.79. The summed E-state index contributed by atoms with van der Waals surface area (Å²) < 4.78 is 36.5. The first-order chi connectivity index (χ1) is 11.4. The lowest BCUT2D eigenvalue weighted by Crippen LogP contribution is -2.52. The van der Waals surface area contributed by atoms with Crippen molar-refractivity contribution < 1.29 is 17.6 Å². The van der Waals surface area contributed by atoms with Crippen LogP contribution in [0.25, 0.3) is 0 Å². The molecule has 1 aromatic carbocycles. The first-order valence-corrected chi connectivity index (χ1v) is 9.95. The second-order valence-corrected chi connectivity index (χ2v) is 8.59. The molecule has 2 saturated heterocycles. The monoisotopic (exact) mass is 427 g/mol. The fourth-order valence-electron chi connectivity index (χ4n) is 3.20. The average molecular weight is 428 g/mol. The molecule has 148 valence electrons. The zero-order valence-corrected chi connectivity index (χ0v) is 16.7. The molecule has 1 N–H and O–H groups in total. The maximum atomic E-state index is 13.5. The van der Waals surface area contributed by atoms with E-state index in [1.165, 1.54) is 12.1 Å². The van der Waals surface area contributed by atoms with E-state index in [-0.39, 0.29) is 60.6 Å². The molecule has 6 nitrogen and oxygen atoms in total. The SMILES string of the molecule is Cl.Cl.O=C(CN1CCS(=O)(=O)CC1)N1CCNCC1c1cccc(F)c1. The number of sulfone groups is 1. The largest absolute Gasteiger partial charge is 0.332 e. The quantitative estimate of drug-likeness (QED) is 0.774. The van der Waals surface area contributed by atoms with Crippen LogP contribution in [0.1, 0.15) is 11.6 Å².